The Bertz CT molecular complexity index is 980. The molecule has 2 aromatic heterocycles. The number of aromatic nitrogens is 4. The average Bonchev–Trinajstić information content (AvgIpc) is 3.14. The number of ether oxygens (including phenoxy) is 1. The highest BCUT2D eigenvalue weighted by Gasteiger charge is 2.60. The summed E-state index contributed by atoms with van der Waals surface area (Å²) in [5.41, 5.74) is 2.50. The number of hydrogen-bond acceptors (Lipinski definition) is 11. The van der Waals surface area contributed by atoms with E-state index in [2.05, 4.69) is 15.0 Å². The highest BCUT2D eigenvalue weighted by molar-refractivity contribution is 7.45. The molecule has 1 aliphatic heterocycles. The predicted molar refractivity (Wildman–Crippen MR) is 102 cm³/mol. The summed E-state index contributed by atoms with van der Waals surface area (Å²) in [5.74, 6) is -0.658. The molecule has 174 valence electrons. The fourth-order valence-corrected chi connectivity index (χ4v) is 3.13. The van der Waals surface area contributed by atoms with Gasteiger partial charge >= 0.3 is 7.82 Å². The number of nitrogen functional groups attached to an aromatic ring is 1. The minimum absolute atomic E-state index is 0.0607. The van der Waals surface area contributed by atoms with Crippen LogP contribution in [0.1, 0.15) is 20.3 Å². The van der Waals surface area contributed by atoms with Crippen molar-refractivity contribution in [1.82, 2.24) is 19.5 Å². The molecule has 0 spiro atoms. The number of rotatable bonds is 5. The Morgan fingerprint density at radius 3 is 2.35 bits per heavy atom. The van der Waals surface area contributed by atoms with Crippen LogP contribution in [0.3, 0.4) is 0 Å². The number of nitrogens with zero attached hydrogens (tertiary/aromatic N) is 4. The van der Waals surface area contributed by atoms with Crippen molar-refractivity contribution in [2.24, 2.45) is 0 Å². The summed E-state index contributed by atoms with van der Waals surface area (Å²) >= 11 is 0. The number of hydrogen-bond donors (Lipinski definition) is 8. The molecule has 1 fully saturated rings. The van der Waals surface area contributed by atoms with E-state index in [1.54, 1.807) is 0 Å². The van der Waals surface area contributed by atoms with Gasteiger partial charge in [0, 0.05) is 6.42 Å². The summed E-state index contributed by atoms with van der Waals surface area (Å²) in [6, 6.07) is 0. The summed E-state index contributed by atoms with van der Waals surface area (Å²) in [5, 5.41) is 40.4. The first-order valence-electron chi connectivity index (χ1n) is 8.74. The molecule has 4 atom stereocenters. The van der Waals surface area contributed by atoms with Crippen LogP contribution >= 0.6 is 7.82 Å². The van der Waals surface area contributed by atoms with Gasteiger partial charge in [-0.25, -0.2) is 19.5 Å². The maximum atomic E-state index is 13.1. The minimum atomic E-state index is -4.64. The van der Waals surface area contributed by atoms with Crippen LogP contribution in [0, 0.1) is 0 Å². The lowest BCUT2D eigenvalue weighted by Gasteiger charge is -2.33. The van der Waals surface area contributed by atoms with E-state index in [4.69, 9.17) is 29.7 Å². The zero-order chi connectivity index (χ0) is 23.8. The van der Waals surface area contributed by atoms with Crippen molar-refractivity contribution in [3.05, 3.63) is 12.7 Å². The van der Waals surface area contributed by atoms with Gasteiger partial charge in [-0.15, -0.1) is 0 Å². The van der Waals surface area contributed by atoms with Crippen molar-refractivity contribution >= 4 is 30.6 Å². The third kappa shape index (κ3) is 5.41. The highest BCUT2D eigenvalue weighted by Crippen LogP contribution is 2.40. The molecule has 1 aliphatic rings. The summed E-state index contributed by atoms with van der Waals surface area (Å²) in [6.45, 7) is 2.22. The van der Waals surface area contributed by atoms with Gasteiger partial charge in [0.05, 0.1) is 12.2 Å². The molecule has 0 saturated carbocycles. The van der Waals surface area contributed by atoms with Crippen LogP contribution in [0.25, 0.3) is 11.2 Å². The fraction of sp³-hybridized carbons (Fsp3) is 0.600. The number of imidazole rings is 1. The zero-order valence-corrected chi connectivity index (χ0v) is 17.4. The normalized spacial score (nSPS) is 26.5. The largest absolute Gasteiger partial charge is 0.466 e. The molecule has 31 heavy (non-hydrogen) atoms. The minimum Gasteiger partial charge on any atom is -0.394 e. The number of anilines is 1. The quantitative estimate of drug-likeness (QED) is 0.205. The van der Waals surface area contributed by atoms with Gasteiger partial charge in [-0.05, 0) is 13.8 Å². The number of phosphoric acid groups is 1. The molecule has 0 radical (unpaired) electrons. The van der Waals surface area contributed by atoms with Gasteiger partial charge in [0.15, 0.2) is 17.2 Å². The monoisotopic (exact) mass is 465 g/mol. The van der Waals surface area contributed by atoms with Gasteiger partial charge in [-0.1, -0.05) is 0 Å². The number of Topliss-reactive ketones (excluding diaryl/α,β-unsaturated/α-hetero) is 1. The predicted octanol–water partition coefficient (Wildman–Crippen LogP) is -3.02. The molecular weight excluding hydrogens is 441 g/mol. The lowest BCUT2D eigenvalue weighted by Crippen LogP contribution is -2.53. The van der Waals surface area contributed by atoms with E-state index in [0.29, 0.717) is 0 Å². The molecule has 2 aromatic rings. The summed E-state index contributed by atoms with van der Waals surface area (Å²) in [6.07, 6.45) is -2.54. The molecule has 3 heterocycles. The number of carbonyl (C=O) groups is 1. The van der Waals surface area contributed by atoms with E-state index in [1.165, 1.54) is 20.2 Å². The number of fused-ring (bicyclic) bond motifs is 1. The van der Waals surface area contributed by atoms with E-state index in [-0.39, 0.29) is 17.0 Å². The number of nitrogens with two attached hydrogens (primary N) is 1. The summed E-state index contributed by atoms with van der Waals surface area (Å²) in [7, 11) is -4.64. The average molecular weight is 465 g/mol. The highest BCUT2D eigenvalue weighted by atomic mass is 31.2. The van der Waals surface area contributed by atoms with Gasteiger partial charge < -0.3 is 45.6 Å². The van der Waals surface area contributed by atoms with Crippen LogP contribution in [0.4, 0.5) is 5.82 Å². The van der Waals surface area contributed by atoms with Gasteiger partial charge in [-0.2, -0.15) is 0 Å². The van der Waals surface area contributed by atoms with E-state index >= 15 is 0 Å². The molecule has 16 heteroatoms. The summed E-state index contributed by atoms with van der Waals surface area (Å²) < 4.78 is 15.7. The molecule has 0 aliphatic carbocycles. The van der Waals surface area contributed by atoms with Crippen molar-refractivity contribution in [2.45, 2.75) is 49.9 Å². The molecule has 9 N–H and O–H groups in total. The van der Waals surface area contributed by atoms with Gasteiger partial charge in [0.2, 0.25) is 5.72 Å². The maximum Gasteiger partial charge on any atom is 0.466 e. The first kappa shape index (κ1) is 25.2. The fourth-order valence-electron chi connectivity index (χ4n) is 3.13. The molecule has 0 amide bonds. The van der Waals surface area contributed by atoms with Gasteiger partial charge in [0.1, 0.15) is 36.5 Å². The van der Waals surface area contributed by atoms with Crippen molar-refractivity contribution in [3.63, 3.8) is 0 Å². The Balaban J connectivity index is 0.000000614. The van der Waals surface area contributed by atoms with Crippen LogP contribution in [0.5, 0.6) is 0 Å². The van der Waals surface area contributed by atoms with Crippen molar-refractivity contribution in [2.75, 3.05) is 12.3 Å². The Hall–Kier alpha value is -2.07. The standard InChI is InChI=1S/C15H21N5O6.H3O4P/c1-14(2,25)3-8(22)15(11(24)10(23)7(4-21)26-15)20-6-19-9-12(16)17-5-18-13(9)20;1-5(2,3)4/h5-7,10-11,21,23-25H,3-4H2,1-2H3,(H2,16,17,18);(H3,1,2,3,4)/t7-,10-,11-,15-;/m1./s1. The third-order valence-electron chi connectivity index (χ3n) is 4.33. The van der Waals surface area contributed by atoms with E-state index in [1.807, 2.05) is 0 Å². The Morgan fingerprint density at radius 2 is 1.87 bits per heavy atom. The third-order valence-corrected chi connectivity index (χ3v) is 4.33. The van der Waals surface area contributed by atoms with Crippen LogP contribution in [0.2, 0.25) is 0 Å². The molecular formula is C15H24N5O10P. The molecule has 0 aromatic carbocycles. The smallest absolute Gasteiger partial charge is 0.394 e. The summed E-state index contributed by atoms with van der Waals surface area (Å²) in [4.78, 5) is 46.5. The van der Waals surface area contributed by atoms with Crippen LogP contribution in [-0.2, 0) is 19.8 Å². The molecule has 0 bridgehead atoms. The molecule has 3 rings (SSSR count). The van der Waals surface area contributed by atoms with Crippen molar-refractivity contribution in [1.29, 1.82) is 0 Å². The Labute approximate surface area is 175 Å². The SMILES string of the molecule is CC(C)(O)CC(=O)[C@@]1(n2cnc3c(N)ncnc32)O[C@H](CO)[C@@H](O)[C@H]1O.O=P(O)(O)O. The lowest BCUT2D eigenvalue weighted by molar-refractivity contribution is -0.177. The molecule has 0 unspecified atom stereocenters. The second-order valence-corrected chi connectivity index (χ2v) is 8.47. The van der Waals surface area contributed by atoms with Crippen molar-refractivity contribution < 1.29 is 49.2 Å². The van der Waals surface area contributed by atoms with Crippen LogP contribution in [0.15, 0.2) is 12.7 Å². The Kier molecular flexibility index (Phi) is 7.17. The van der Waals surface area contributed by atoms with Gasteiger partial charge in [0.25, 0.3) is 0 Å². The first-order chi connectivity index (χ1) is 14.1. The van der Waals surface area contributed by atoms with Gasteiger partial charge in [-0.3, -0.25) is 9.36 Å². The molecule has 15 nitrogen and oxygen atoms in total. The number of aliphatic hydroxyl groups is 4. The lowest BCUT2D eigenvalue weighted by atomic mass is 9.90. The van der Waals surface area contributed by atoms with E-state index in [9.17, 15) is 25.2 Å². The van der Waals surface area contributed by atoms with Crippen molar-refractivity contribution in [3.8, 4) is 0 Å². The van der Waals surface area contributed by atoms with Crippen LogP contribution in [-0.4, -0.2) is 90.9 Å². The second-order valence-electron chi connectivity index (χ2n) is 7.44. The zero-order valence-electron chi connectivity index (χ0n) is 16.5. The molecule has 1 saturated heterocycles. The number of aliphatic hydroxyl groups excluding tert-OH is 3. The first-order valence-corrected chi connectivity index (χ1v) is 10.3. The number of carbonyl (C=O) groups excluding carboxylic acids is 1. The number of ketones is 1. The van der Waals surface area contributed by atoms with Crippen LogP contribution < -0.4 is 5.73 Å². The second kappa shape index (κ2) is 8.82. The van der Waals surface area contributed by atoms with E-state index < -0.39 is 56.3 Å². The Morgan fingerprint density at radius 1 is 1.29 bits per heavy atom. The van der Waals surface area contributed by atoms with E-state index in [0.717, 1.165) is 10.9 Å². The maximum absolute atomic E-state index is 13.1. The topological polar surface area (TPSA) is 255 Å².